The number of hydrogen-bond donors (Lipinski definition) is 0. The molecule has 0 bridgehead atoms. The van der Waals surface area contributed by atoms with E-state index in [1.54, 1.807) is 0 Å². The smallest absolute Gasteiger partial charge is 0.127 e. The molecule has 0 aromatic carbocycles. The van der Waals surface area contributed by atoms with Gasteiger partial charge in [0.15, 0.2) is 0 Å². The molecule has 2 atom stereocenters. The van der Waals surface area contributed by atoms with E-state index in [1.807, 2.05) is 11.3 Å². The van der Waals surface area contributed by atoms with Crippen molar-refractivity contribution < 1.29 is 4.79 Å². The Labute approximate surface area is 108 Å². The lowest BCUT2D eigenvalue weighted by atomic mass is 9.87. The molecule has 0 saturated heterocycles. The maximum atomic E-state index is 11.2. The molecule has 0 aliphatic carbocycles. The van der Waals surface area contributed by atoms with Crippen LogP contribution in [0.3, 0.4) is 0 Å². The summed E-state index contributed by atoms with van der Waals surface area (Å²) in [5.41, 5.74) is 1.27. The average molecular weight is 251 g/mol. The van der Waals surface area contributed by atoms with Crippen LogP contribution in [0.2, 0.25) is 0 Å². The van der Waals surface area contributed by atoms with Gasteiger partial charge in [-0.05, 0) is 36.8 Å². The van der Waals surface area contributed by atoms with Gasteiger partial charge in [-0.2, -0.15) is 0 Å². The average Bonchev–Trinajstić information content (AvgIpc) is 2.82. The normalized spacial score (nSPS) is 24.1. The van der Waals surface area contributed by atoms with Crippen LogP contribution in [0.15, 0.2) is 11.4 Å². The van der Waals surface area contributed by atoms with Gasteiger partial charge in [-0.3, -0.25) is 4.90 Å². The first kappa shape index (κ1) is 12.8. The zero-order chi connectivity index (χ0) is 12.5. The van der Waals surface area contributed by atoms with Crippen LogP contribution in [0, 0.1) is 5.41 Å². The van der Waals surface area contributed by atoms with Gasteiger partial charge in [-0.1, -0.05) is 13.8 Å². The maximum Gasteiger partial charge on any atom is 0.127 e. The monoisotopic (exact) mass is 251 g/mol. The number of hydrogen-bond acceptors (Lipinski definition) is 3. The number of fused-ring (bicyclic) bond motifs is 1. The van der Waals surface area contributed by atoms with E-state index in [-0.39, 0.29) is 5.41 Å². The lowest BCUT2D eigenvalue weighted by Gasteiger charge is -2.38. The second kappa shape index (κ2) is 4.91. The van der Waals surface area contributed by atoms with Crippen LogP contribution in [0.1, 0.15) is 43.7 Å². The highest BCUT2D eigenvalue weighted by atomic mass is 32.1. The second-order valence-electron chi connectivity index (χ2n) is 5.32. The number of carbonyl (C=O) groups excluding carboxylic acids is 1. The van der Waals surface area contributed by atoms with E-state index in [2.05, 4.69) is 37.1 Å². The molecule has 0 amide bonds. The summed E-state index contributed by atoms with van der Waals surface area (Å²) in [7, 11) is 0. The van der Waals surface area contributed by atoms with Gasteiger partial charge in [0.1, 0.15) is 6.29 Å². The van der Waals surface area contributed by atoms with Crippen LogP contribution in [0.4, 0.5) is 0 Å². The van der Waals surface area contributed by atoms with Crippen LogP contribution >= 0.6 is 11.3 Å². The molecule has 0 saturated carbocycles. The summed E-state index contributed by atoms with van der Waals surface area (Å²) < 4.78 is 0. The van der Waals surface area contributed by atoms with E-state index < -0.39 is 0 Å². The molecule has 2 nitrogen and oxygen atoms in total. The minimum absolute atomic E-state index is 0.193. The molecule has 17 heavy (non-hydrogen) atoms. The number of nitrogens with zero attached hydrogens (tertiary/aromatic N) is 1. The number of carbonyl (C=O) groups is 1. The van der Waals surface area contributed by atoms with Crippen LogP contribution < -0.4 is 0 Å². The fourth-order valence-electron chi connectivity index (χ4n) is 2.47. The molecule has 2 unspecified atom stereocenters. The van der Waals surface area contributed by atoms with Gasteiger partial charge in [-0.25, -0.2) is 0 Å². The molecular weight excluding hydrogens is 230 g/mol. The van der Waals surface area contributed by atoms with Gasteiger partial charge in [0.2, 0.25) is 0 Å². The Morgan fingerprint density at radius 3 is 3.06 bits per heavy atom. The van der Waals surface area contributed by atoms with E-state index in [0.29, 0.717) is 6.04 Å². The fraction of sp³-hybridized carbons (Fsp3) is 0.643. The first-order valence-corrected chi connectivity index (χ1v) is 7.24. The van der Waals surface area contributed by atoms with Crippen LogP contribution in [0.5, 0.6) is 0 Å². The van der Waals surface area contributed by atoms with Gasteiger partial charge in [-0.15, -0.1) is 11.3 Å². The van der Waals surface area contributed by atoms with Crippen molar-refractivity contribution in [1.29, 1.82) is 0 Å². The van der Waals surface area contributed by atoms with Crippen molar-refractivity contribution in [2.75, 3.05) is 13.1 Å². The van der Waals surface area contributed by atoms with Gasteiger partial charge >= 0.3 is 0 Å². The zero-order valence-electron chi connectivity index (χ0n) is 10.9. The lowest BCUT2D eigenvalue weighted by Crippen LogP contribution is -2.41. The standard InChI is InChI=1S/C14H21NOS/c1-4-14(3,10-16)9-15-7-5-13-12(11(15)2)6-8-17-13/h6,8,10-11H,4-5,7,9H2,1-3H3. The van der Waals surface area contributed by atoms with E-state index in [4.69, 9.17) is 0 Å². The Hall–Kier alpha value is -0.670. The molecule has 1 aromatic rings. The summed E-state index contributed by atoms with van der Waals surface area (Å²) >= 11 is 1.86. The Kier molecular flexibility index (Phi) is 3.69. The van der Waals surface area contributed by atoms with E-state index in [9.17, 15) is 4.79 Å². The first-order valence-electron chi connectivity index (χ1n) is 6.36. The Morgan fingerprint density at radius 2 is 2.41 bits per heavy atom. The summed E-state index contributed by atoms with van der Waals surface area (Å²) in [6.45, 7) is 8.38. The third-order valence-corrected chi connectivity index (χ3v) is 5.06. The molecule has 1 aromatic heterocycles. The third-order valence-electron chi connectivity index (χ3n) is 4.06. The molecule has 0 fully saturated rings. The lowest BCUT2D eigenvalue weighted by molar-refractivity contribution is -0.117. The molecule has 2 rings (SSSR count). The molecule has 1 aliphatic heterocycles. The quantitative estimate of drug-likeness (QED) is 0.765. The van der Waals surface area contributed by atoms with E-state index >= 15 is 0 Å². The van der Waals surface area contributed by atoms with Gasteiger partial charge in [0, 0.05) is 29.4 Å². The molecule has 0 N–H and O–H groups in total. The molecule has 1 aliphatic rings. The number of thiophene rings is 1. The highest BCUT2D eigenvalue weighted by Crippen LogP contribution is 2.34. The molecule has 2 heterocycles. The van der Waals surface area contributed by atoms with Crippen LogP contribution in [-0.4, -0.2) is 24.3 Å². The summed E-state index contributed by atoms with van der Waals surface area (Å²) in [6, 6.07) is 2.69. The number of aldehydes is 1. The first-order chi connectivity index (χ1) is 8.09. The predicted molar refractivity (Wildman–Crippen MR) is 72.5 cm³/mol. The van der Waals surface area contributed by atoms with Crippen molar-refractivity contribution in [2.24, 2.45) is 5.41 Å². The maximum absolute atomic E-state index is 11.2. The fourth-order valence-corrected chi connectivity index (χ4v) is 3.44. The van der Waals surface area contributed by atoms with Crippen LogP contribution in [0.25, 0.3) is 0 Å². The predicted octanol–water partition coefficient (Wildman–Crippen LogP) is 3.28. The summed E-state index contributed by atoms with van der Waals surface area (Å²) in [4.78, 5) is 15.2. The SMILES string of the molecule is CCC(C)(C=O)CN1CCc2sccc2C1C. The molecular formula is C14H21NOS. The molecule has 0 spiro atoms. The highest BCUT2D eigenvalue weighted by molar-refractivity contribution is 7.10. The summed E-state index contributed by atoms with van der Waals surface area (Å²) in [5, 5.41) is 2.18. The van der Waals surface area contributed by atoms with Crippen molar-refractivity contribution in [3.05, 3.63) is 21.9 Å². The zero-order valence-corrected chi connectivity index (χ0v) is 11.7. The number of rotatable bonds is 4. The molecule has 94 valence electrons. The van der Waals surface area contributed by atoms with Crippen molar-refractivity contribution >= 4 is 17.6 Å². The summed E-state index contributed by atoms with van der Waals surface area (Å²) in [5.74, 6) is 0. The minimum atomic E-state index is -0.193. The third kappa shape index (κ3) is 2.45. The van der Waals surface area contributed by atoms with Crippen molar-refractivity contribution in [2.45, 2.75) is 39.7 Å². The van der Waals surface area contributed by atoms with Gasteiger partial charge < -0.3 is 4.79 Å². The largest absolute Gasteiger partial charge is 0.303 e. The van der Waals surface area contributed by atoms with Crippen molar-refractivity contribution in [3.63, 3.8) is 0 Å². The summed E-state index contributed by atoms with van der Waals surface area (Å²) in [6.07, 6.45) is 3.18. The topological polar surface area (TPSA) is 20.3 Å². The van der Waals surface area contributed by atoms with Crippen molar-refractivity contribution in [1.82, 2.24) is 4.90 Å². The minimum Gasteiger partial charge on any atom is -0.303 e. The van der Waals surface area contributed by atoms with E-state index in [1.165, 1.54) is 10.4 Å². The Balaban J connectivity index is 2.12. The molecule has 3 heteroatoms. The van der Waals surface area contributed by atoms with E-state index in [0.717, 1.165) is 32.2 Å². The van der Waals surface area contributed by atoms with Crippen molar-refractivity contribution in [3.8, 4) is 0 Å². The van der Waals surface area contributed by atoms with Crippen LogP contribution in [-0.2, 0) is 11.2 Å². The highest BCUT2D eigenvalue weighted by Gasteiger charge is 2.31. The van der Waals surface area contributed by atoms with Gasteiger partial charge in [0.05, 0.1) is 0 Å². The second-order valence-corrected chi connectivity index (χ2v) is 6.32. The Morgan fingerprint density at radius 1 is 1.65 bits per heavy atom. The molecule has 0 radical (unpaired) electrons. The Bertz CT molecular complexity index is 401. The van der Waals surface area contributed by atoms with Gasteiger partial charge in [0.25, 0.3) is 0 Å².